The zero-order valence-electron chi connectivity index (χ0n) is 15.6. The van der Waals surface area contributed by atoms with Crippen LogP contribution in [0.4, 0.5) is 8.78 Å². The molecule has 8 heteroatoms. The van der Waals surface area contributed by atoms with Crippen LogP contribution in [0.1, 0.15) is 44.9 Å². The van der Waals surface area contributed by atoms with E-state index in [1.54, 1.807) is 6.07 Å². The van der Waals surface area contributed by atoms with Crippen LogP contribution in [-0.4, -0.2) is 35.6 Å². The van der Waals surface area contributed by atoms with Crippen LogP contribution in [0.2, 0.25) is 5.02 Å². The molecule has 0 saturated carbocycles. The Hall–Kier alpha value is -2.25. The van der Waals surface area contributed by atoms with Crippen molar-refractivity contribution >= 4 is 23.4 Å². The number of halogens is 3. The number of benzene rings is 1. The van der Waals surface area contributed by atoms with Gasteiger partial charge in [-0.25, -0.2) is 13.6 Å². The molecule has 0 unspecified atom stereocenters. The summed E-state index contributed by atoms with van der Waals surface area (Å²) in [5.41, 5.74) is 1.78. The highest BCUT2D eigenvalue weighted by Crippen LogP contribution is 2.22. The van der Waals surface area contributed by atoms with Crippen molar-refractivity contribution in [2.45, 2.75) is 39.3 Å². The van der Waals surface area contributed by atoms with Crippen LogP contribution in [0.3, 0.4) is 0 Å². The number of ketones is 1. The first-order valence-corrected chi connectivity index (χ1v) is 9.29. The molecular formula is C20H20ClF2NO4. The van der Waals surface area contributed by atoms with Gasteiger partial charge in [0.25, 0.3) is 0 Å². The molecule has 0 aliphatic carbocycles. The summed E-state index contributed by atoms with van der Waals surface area (Å²) in [6, 6.07) is 3.08. The van der Waals surface area contributed by atoms with Gasteiger partial charge in [0, 0.05) is 30.1 Å². The third-order valence-corrected chi connectivity index (χ3v) is 5.16. The molecule has 2 aromatic rings. The highest BCUT2D eigenvalue weighted by molar-refractivity contribution is 6.33. The molecule has 0 bridgehead atoms. The van der Waals surface area contributed by atoms with Gasteiger partial charge in [0.2, 0.25) is 5.78 Å². The lowest BCUT2D eigenvalue weighted by Gasteiger charge is -2.14. The molecule has 1 aliphatic rings. The average Bonchev–Trinajstić information content (AvgIpc) is 3.26. The summed E-state index contributed by atoms with van der Waals surface area (Å²) < 4.78 is 39.1. The maximum absolute atomic E-state index is 13.3. The van der Waals surface area contributed by atoms with Gasteiger partial charge >= 0.3 is 5.97 Å². The van der Waals surface area contributed by atoms with Crippen LogP contribution in [-0.2, 0) is 16.0 Å². The van der Waals surface area contributed by atoms with Crippen molar-refractivity contribution in [2.24, 2.45) is 0 Å². The van der Waals surface area contributed by atoms with Gasteiger partial charge in [0.05, 0.1) is 16.7 Å². The topological polar surface area (TPSA) is 57.5 Å². The van der Waals surface area contributed by atoms with Gasteiger partial charge in [0.1, 0.15) is 0 Å². The molecule has 1 atom stereocenters. The molecule has 2 heterocycles. The Labute approximate surface area is 166 Å². The van der Waals surface area contributed by atoms with E-state index in [0.29, 0.717) is 24.2 Å². The van der Waals surface area contributed by atoms with E-state index in [9.17, 15) is 18.4 Å². The minimum absolute atomic E-state index is 0.126. The highest BCUT2D eigenvalue weighted by Gasteiger charge is 2.22. The first kappa shape index (κ1) is 20.5. The van der Waals surface area contributed by atoms with Gasteiger partial charge in [-0.3, -0.25) is 4.79 Å². The lowest BCUT2D eigenvalue weighted by atomic mass is 10.1. The summed E-state index contributed by atoms with van der Waals surface area (Å²) in [7, 11) is 0. The molecule has 5 nitrogen and oxygen atoms in total. The smallest absolute Gasteiger partial charge is 0.340 e. The Morgan fingerprint density at radius 3 is 2.61 bits per heavy atom. The molecule has 3 rings (SSSR count). The second-order valence-corrected chi connectivity index (χ2v) is 7.18. The van der Waals surface area contributed by atoms with Crippen molar-refractivity contribution in [3.05, 3.63) is 57.4 Å². The van der Waals surface area contributed by atoms with Crippen molar-refractivity contribution in [3.8, 4) is 0 Å². The Bertz CT molecular complexity index is 919. The van der Waals surface area contributed by atoms with Crippen LogP contribution in [0.5, 0.6) is 0 Å². The molecule has 0 radical (unpaired) electrons. The molecule has 1 aromatic carbocycles. The van der Waals surface area contributed by atoms with Crippen LogP contribution < -0.4 is 0 Å². The molecule has 1 fully saturated rings. The zero-order valence-corrected chi connectivity index (χ0v) is 16.3. The molecule has 1 aromatic heterocycles. The predicted octanol–water partition coefficient (Wildman–Crippen LogP) is 4.26. The monoisotopic (exact) mass is 411 g/mol. The van der Waals surface area contributed by atoms with Crippen molar-refractivity contribution in [1.82, 2.24) is 4.57 Å². The van der Waals surface area contributed by atoms with Crippen molar-refractivity contribution < 1.29 is 27.8 Å². The van der Waals surface area contributed by atoms with Crippen molar-refractivity contribution in [3.63, 3.8) is 0 Å². The maximum atomic E-state index is 13.3. The van der Waals surface area contributed by atoms with E-state index in [0.717, 1.165) is 30.8 Å². The van der Waals surface area contributed by atoms with Crippen LogP contribution in [0.15, 0.2) is 18.2 Å². The fraction of sp³-hybridized carbons (Fsp3) is 0.400. The molecule has 0 N–H and O–H groups in total. The quantitative estimate of drug-likeness (QED) is 0.405. The zero-order chi connectivity index (χ0) is 20.4. The number of aryl methyl sites for hydroxylation is 1. The summed E-state index contributed by atoms with van der Waals surface area (Å²) in [5, 5.41) is -0.286. The highest BCUT2D eigenvalue weighted by atomic mass is 35.5. The summed E-state index contributed by atoms with van der Waals surface area (Å²) >= 11 is 5.75. The molecule has 0 amide bonds. The van der Waals surface area contributed by atoms with E-state index in [4.69, 9.17) is 21.1 Å². The number of Topliss-reactive ketones (excluding diaryl/α,β-unsaturated/α-hetero) is 1. The second kappa shape index (κ2) is 8.41. The van der Waals surface area contributed by atoms with Gasteiger partial charge in [-0.05, 0) is 44.9 Å². The number of hydrogen-bond donors (Lipinski definition) is 0. The Kier molecular flexibility index (Phi) is 6.15. The first-order chi connectivity index (χ1) is 13.3. The van der Waals surface area contributed by atoms with E-state index < -0.39 is 30.0 Å². The van der Waals surface area contributed by atoms with E-state index in [1.165, 1.54) is 0 Å². The van der Waals surface area contributed by atoms with Crippen LogP contribution >= 0.6 is 11.6 Å². The lowest BCUT2D eigenvalue weighted by Crippen LogP contribution is -2.18. The standard InChI is InChI=1S/C20H20ClF2NO4/c1-11-6-14(12(2)24(11)9-13-4-3-5-27-13)19(25)10-28-20(26)15-7-17(22)18(23)8-16(15)21/h6-8,13H,3-5,9-10H2,1-2H3/t13-/m0/s1. The van der Waals surface area contributed by atoms with Gasteiger partial charge in [0.15, 0.2) is 18.2 Å². The fourth-order valence-corrected chi connectivity index (χ4v) is 3.55. The number of carbonyl (C=O) groups is 2. The molecule has 150 valence electrons. The number of esters is 1. The Balaban J connectivity index is 1.68. The minimum atomic E-state index is -1.22. The molecule has 1 aliphatic heterocycles. The third-order valence-electron chi connectivity index (χ3n) is 4.85. The largest absolute Gasteiger partial charge is 0.454 e. The fourth-order valence-electron chi connectivity index (χ4n) is 3.32. The Morgan fingerprint density at radius 1 is 1.21 bits per heavy atom. The van der Waals surface area contributed by atoms with Crippen molar-refractivity contribution in [2.75, 3.05) is 13.2 Å². The number of aromatic nitrogens is 1. The predicted molar refractivity (Wildman–Crippen MR) is 98.9 cm³/mol. The normalized spacial score (nSPS) is 16.4. The number of nitrogens with zero attached hydrogens (tertiary/aromatic N) is 1. The summed E-state index contributed by atoms with van der Waals surface area (Å²) in [5.74, 6) is -3.78. The van der Waals surface area contributed by atoms with Crippen LogP contribution in [0.25, 0.3) is 0 Å². The summed E-state index contributed by atoms with van der Waals surface area (Å²) in [6.45, 7) is 4.60. The number of rotatable bonds is 6. The van der Waals surface area contributed by atoms with E-state index in [2.05, 4.69) is 0 Å². The Morgan fingerprint density at radius 2 is 1.93 bits per heavy atom. The second-order valence-electron chi connectivity index (χ2n) is 6.78. The third kappa shape index (κ3) is 4.25. The van der Waals surface area contributed by atoms with Crippen molar-refractivity contribution in [1.29, 1.82) is 0 Å². The summed E-state index contributed by atoms with van der Waals surface area (Å²) in [6.07, 6.45) is 2.13. The van der Waals surface area contributed by atoms with E-state index in [1.807, 2.05) is 18.4 Å². The number of ether oxygens (including phenoxy) is 2. The maximum Gasteiger partial charge on any atom is 0.340 e. The summed E-state index contributed by atoms with van der Waals surface area (Å²) in [4.78, 5) is 24.6. The molecular weight excluding hydrogens is 392 g/mol. The van der Waals surface area contributed by atoms with E-state index >= 15 is 0 Å². The number of hydrogen-bond acceptors (Lipinski definition) is 4. The first-order valence-electron chi connectivity index (χ1n) is 8.91. The van der Waals surface area contributed by atoms with Gasteiger partial charge in [-0.2, -0.15) is 0 Å². The molecule has 28 heavy (non-hydrogen) atoms. The lowest BCUT2D eigenvalue weighted by molar-refractivity contribution is 0.0474. The van der Waals surface area contributed by atoms with Gasteiger partial charge in [-0.15, -0.1) is 0 Å². The van der Waals surface area contributed by atoms with Gasteiger partial charge < -0.3 is 14.0 Å². The minimum Gasteiger partial charge on any atom is -0.454 e. The average molecular weight is 412 g/mol. The van der Waals surface area contributed by atoms with Crippen LogP contribution in [0, 0.1) is 25.5 Å². The molecule has 1 saturated heterocycles. The van der Waals surface area contributed by atoms with E-state index in [-0.39, 0.29) is 16.7 Å². The SMILES string of the molecule is Cc1cc(C(=O)COC(=O)c2cc(F)c(F)cc2Cl)c(C)n1C[C@@H]1CCCO1. The molecule has 0 spiro atoms. The van der Waals surface area contributed by atoms with Gasteiger partial charge in [-0.1, -0.05) is 11.6 Å². The number of carbonyl (C=O) groups excluding carboxylic acids is 2.